The molecule has 0 aliphatic carbocycles. The first-order chi connectivity index (χ1) is 11.1. The lowest BCUT2D eigenvalue weighted by molar-refractivity contribution is -0.118. The Morgan fingerprint density at radius 1 is 1.22 bits per heavy atom. The Labute approximate surface area is 152 Å². The van der Waals surface area contributed by atoms with Gasteiger partial charge in [0.15, 0.2) is 0 Å². The standard InChI is InChI=1S/C17H26BrN3OS/c1-20-9-11-21(12-10-20)8-2-7-19-17(22)14-23-13-15-3-5-16(18)6-4-15/h3-6H,2,7-14H2,1H3,(H,19,22). The Bertz CT molecular complexity index is 475. The van der Waals surface area contributed by atoms with E-state index in [0.29, 0.717) is 5.75 Å². The predicted octanol–water partition coefficient (Wildman–Crippen LogP) is 2.44. The highest BCUT2D eigenvalue weighted by Crippen LogP contribution is 2.15. The molecule has 0 atom stereocenters. The van der Waals surface area contributed by atoms with Crippen LogP contribution in [0.2, 0.25) is 0 Å². The molecular weight excluding hydrogens is 374 g/mol. The molecule has 128 valence electrons. The van der Waals surface area contributed by atoms with Gasteiger partial charge >= 0.3 is 0 Å². The van der Waals surface area contributed by atoms with Gasteiger partial charge in [0.05, 0.1) is 5.75 Å². The molecular formula is C17H26BrN3OS. The van der Waals surface area contributed by atoms with Gasteiger partial charge in [-0.15, -0.1) is 11.8 Å². The van der Waals surface area contributed by atoms with Gasteiger partial charge in [0.2, 0.25) is 5.91 Å². The zero-order valence-electron chi connectivity index (χ0n) is 13.8. The lowest BCUT2D eigenvalue weighted by Crippen LogP contribution is -2.45. The van der Waals surface area contributed by atoms with Crippen LogP contribution in [-0.2, 0) is 10.5 Å². The molecule has 1 N–H and O–H groups in total. The van der Waals surface area contributed by atoms with E-state index in [0.717, 1.165) is 55.9 Å². The number of nitrogens with one attached hydrogen (secondary N) is 1. The third-order valence-electron chi connectivity index (χ3n) is 3.98. The van der Waals surface area contributed by atoms with Crippen molar-refractivity contribution in [3.05, 3.63) is 34.3 Å². The fourth-order valence-electron chi connectivity index (χ4n) is 2.50. The number of carbonyl (C=O) groups excluding carboxylic acids is 1. The first kappa shape index (κ1) is 18.8. The lowest BCUT2D eigenvalue weighted by Gasteiger charge is -2.32. The van der Waals surface area contributed by atoms with Crippen LogP contribution in [-0.4, -0.2) is 67.8 Å². The lowest BCUT2D eigenvalue weighted by atomic mass is 10.2. The molecule has 0 saturated carbocycles. The summed E-state index contributed by atoms with van der Waals surface area (Å²) in [4.78, 5) is 16.7. The van der Waals surface area contributed by atoms with Gasteiger partial charge in [-0.2, -0.15) is 0 Å². The van der Waals surface area contributed by atoms with Gasteiger partial charge in [0.1, 0.15) is 0 Å². The zero-order valence-corrected chi connectivity index (χ0v) is 16.2. The van der Waals surface area contributed by atoms with E-state index in [4.69, 9.17) is 0 Å². The number of nitrogens with zero attached hydrogens (tertiary/aromatic N) is 2. The highest BCUT2D eigenvalue weighted by molar-refractivity contribution is 9.10. The van der Waals surface area contributed by atoms with Crippen molar-refractivity contribution in [1.29, 1.82) is 0 Å². The Hall–Kier alpha value is -0.560. The van der Waals surface area contributed by atoms with Gasteiger partial charge in [-0.25, -0.2) is 0 Å². The second-order valence-corrected chi connectivity index (χ2v) is 7.87. The number of likely N-dealkylation sites (N-methyl/N-ethyl adjacent to an activating group) is 1. The van der Waals surface area contributed by atoms with Crippen molar-refractivity contribution in [3.8, 4) is 0 Å². The first-order valence-electron chi connectivity index (χ1n) is 8.13. The summed E-state index contributed by atoms with van der Waals surface area (Å²) < 4.78 is 1.09. The Morgan fingerprint density at radius 3 is 2.61 bits per heavy atom. The van der Waals surface area contributed by atoms with E-state index in [1.165, 1.54) is 5.56 Å². The van der Waals surface area contributed by atoms with E-state index in [1.54, 1.807) is 11.8 Å². The highest BCUT2D eigenvalue weighted by atomic mass is 79.9. The van der Waals surface area contributed by atoms with Gasteiger partial charge in [-0.05, 0) is 37.7 Å². The molecule has 1 aromatic carbocycles. The molecule has 0 radical (unpaired) electrons. The Balaban J connectivity index is 1.49. The largest absolute Gasteiger partial charge is 0.355 e. The normalized spacial score (nSPS) is 16.4. The van der Waals surface area contributed by atoms with E-state index < -0.39 is 0 Å². The van der Waals surface area contributed by atoms with Crippen molar-refractivity contribution in [2.75, 3.05) is 52.1 Å². The van der Waals surface area contributed by atoms with Crippen molar-refractivity contribution in [3.63, 3.8) is 0 Å². The van der Waals surface area contributed by atoms with Crippen LogP contribution in [0.1, 0.15) is 12.0 Å². The van der Waals surface area contributed by atoms with Gasteiger partial charge < -0.3 is 15.1 Å². The Morgan fingerprint density at radius 2 is 1.91 bits per heavy atom. The van der Waals surface area contributed by atoms with Crippen molar-refractivity contribution in [1.82, 2.24) is 15.1 Å². The number of thioether (sulfide) groups is 1. The SMILES string of the molecule is CN1CCN(CCCNC(=O)CSCc2ccc(Br)cc2)CC1. The number of piperazine rings is 1. The number of rotatable bonds is 8. The van der Waals surface area contributed by atoms with Crippen LogP contribution in [0.4, 0.5) is 0 Å². The molecule has 1 saturated heterocycles. The summed E-state index contributed by atoms with van der Waals surface area (Å²) in [5, 5.41) is 3.02. The summed E-state index contributed by atoms with van der Waals surface area (Å²) in [5.41, 5.74) is 1.25. The molecule has 4 nitrogen and oxygen atoms in total. The van der Waals surface area contributed by atoms with Crippen LogP contribution in [0, 0.1) is 0 Å². The summed E-state index contributed by atoms with van der Waals surface area (Å²) >= 11 is 5.09. The summed E-state index contributed by atoms with van der Waals surface area (Å²) in [6, 6.07) is 8.25. The van der Waals surface area contributed by atoms with Crippen LogP contribution >= 0.6 is 27.7 Å². The maximum atomic E-state index is 11.8. The maximum absolute atomic E-state index is 11.8. The fourth-order valence-corrected chi connectivity index (χ4v) is 3.58. The van der Waals surface area contributed by atoms with Crippen LogP contribution in [0.3, 0.4) is 0 Å². The third kappa shape index (κ3) is 7.70. The molecule has 2 rings (SSSR count). The number of benzene rings is 1. The molecule has 1 aliphatic heterocycles. The fraction of sp³-hybridized carbons (Fsp3) is 0.588. The van der Waals surface area contributed by atoms with Crippen LogP contribution in [0.25, 0.3) is 0 Å². The van der Waals surface area contributed by atoms with E-state index >= 15 is 0 Å². The summed E-state index contributed by atoms with van der Waals surface area (Å²) in [6.07, 6.45) is 1.03. The van der Waals surface area contributed by atoms with Crippen molar-refractivity contribution in [2.45, 2.75) is 12.2 Å². The smallest absolute Gasteiger partial charge is 0.230 e. The predicted molar refractivity (Wildman–Crippen MR) is 102 cm³/mol. The van der Waals surface area contributed by atoms with E-state index in [-0.39, 0.29) is 5.91 Å². The second kappa shape index (κ2) is 10.3. The molecule has 6 heteroatoms. The molecule has 0 unspecified atom stereocenters. The molecule has 0 bridgehead atoms. The molecule has 1 aliphatic rings. The maximum Gasteiger partial charge on any atom is 0.230 e. The molecule has 1 amide bonds. The minimum atomic E-state index is 0.144. The molecule has 0 aromatic heterocycles. The molecule has 1 aromatic rings. The summed E-state index contributed by atoms with van der Waals surface area (Å²) in [7, 11) is 2.17. The van der Waals surface area contributed by atoms with E-state index in [2.05, 4.69) is 50.2 Å². The zero-order chi connectivity index (χ0) is 16.5. The van der Waals surface area contributed by atoms with Crippen LogP contribution in [0.5, 0.6) is 0 Å². The number of carbonyl (C=O) groups is 1. The van der Waals surface area contributed by atoms with E-state index in [9.17, 15) is 4.79 Å². The minimum absolute atomic E-state index is 0.144. The first-order valence-corrected chi connectivity index (χ1v) is 10.1. The number of halogens is 1. The number of amides is 1. The van der Waals surface area contributed by atoms with Gasteiger partial charge in [-0.1, -0.05) is 28.1 Å². The van der Waals surface area contributed by atoms with Crippen molar-refractivity contribution < 1.29 is 4.79 Å². The number of hydrogen-bond acceptors (Lipinski definition) is 4. The minimum Gasteiger partial charge on any atom is -0.355 e. The average Bonchev–Trinajstić information content (AvgIpc) is 2.55. The summed E-state index contributed by atoms with van der Waals surface area (Å²) in [6.45, 7) is 6.46. The average molecular weight is 400 g/mol. The highest BCUT2D eigenvalue weighted by Gasteiger charge is 2.12. The Kier molecular flexibility index (Phi) is 8.44. The number of hydrogen-bond donors (Lipinski definition) is 1. The van der Waals surface area contributed by atoms with Crippen molar-refractivity contribution >= 4 is 33.6 Å². The van der Waals surface area contributed by atoms with Crippen molar-refractivity contribution in [2.24, 2.45) is 0 Å². The third-order valence-corrected chi connectivity index (χ3v) is 5.52. The molecule has 1 heterocycles. The summed E-state index contributed by atoms with van der Waals surface area (Å²) in [5.74, 6) is 1.55. The molecule has 0 spiro atoms. The molecule has 1 fully saturated rings. The van der Waals surface area contributed by atoms with Gasteiger partial charge in [0.25, 0.3) is 0 Å². The van der Waals surface area contributed by atoms with Crippen LogP contribution in [0.15, 0.2) is 28.7 Å². The monoisotopic (exact) mass is 399 g/mol. The van der Waals surface area contributed by atoms with Gasteiger partial charge in [-0.3, -0.25) is 4.79 Å². The topological polar surface area (TPSA) is 35.6 Å². The molecule has 23 heavy (non-hydrogen) atoms. The van der Waals surface area contributed by atoms with E-state index in [1.807, 2.05) is 12.1 Å². The van der Waals surface area contributed by atoms with Crippen LogP contribution < -0.4 is 5.32 Å². The van der Waals surface area contributed by atoms with Gasteiger partial charge in [0, 0.05) is 42.9 Å². The second-order valence-electron chi connectivity index (χ2n) is 5.97. The quantitative estimate of drug-likeness (QED) is 0.680.